The summed E-state index contributed by atoms with van der Waals surface area (Å²) in [5.74, 6) is 0.0810. The molecule has 1 unspecified atom stereocenters. The van der Waals surface area contributed by atoms with Gasteiger partial charge in [0, 0.05) is 19.3 Å². The van der Waals surface area contributed by atoms with E-state index in [0.29, 0.717) is 25.7 Å². The molecule has 0 aromatic rings. The van der Waals surface area contributed by atoms with Gasteiger partial charge in [0.2, 0.25) is 0 Å². The maximum Gasteiger partial charge on any atom is 0.161 e. The van der Waals surface area contributed by atoms with E-state index in [1.54, 1.807) is 0 Å². The first-order valence-corrected chi connectivity index (χ1v) is 7.72. The van der Waals surface area contributed by atoms with Crippen molar-refractivity contribution < 1.29 is 14.7 Å². The van der Waals surface area contributed by atoms with Gasteiger partial charge in [0.25, 0.3) is 0 Å². The molecule has 3 heteroatoms. The number of carbonyl (C=O) groups is 2. The van der Waals surface area contributed by atoms with Gasteiger partial charge in [0.05, 0.1) is 0 Å². The van der Waals surface area contributed by atoms with E-state index in [1.165, 1.54) is 0 Å². The summed E-state index contributed by atoms with van der Waals surface area (Å²) in [4.78, 5) is 23.6. The molecule has 0 saturated carbocycles. The van der Waals surface area contributed by atoms with E-state index in [1.807, 2.05) is 20.8 Å². The Hall–Kier alpha value is -0.700. The first-order chi connectivity index (χ1) is 8.99. The monoisotopic (exact) mass is 284 g/mol. The van der Waals surface area contributed by atoms with Crippen molar-refractivity contribution >= 4 is 11.6 Å². The molecule has 0 aliphatic rings. The van der Waals surface area contributed by atoms with Crippen molar-refractivity contribution in [3.05, 3.63) is 0 Å². The van der Waals surface area contributed by atoms with Crippen LogP contribution in [0.25, 0.3) is 0 Å². The lowest BCUT2D eigenvalue weighted by Crippen LogP contribution is -2.36. The highest BCUT2D eigenvalue weighted by Gasteiger charge is 2.31. The Labute approximate surface area is 124 Å². The highest BCUT2D eigenvalue weighted by molar-refractivity contribution is 5.84. The third-order valence-corrected chi connectivity index (χ3v) is 3.99. The summed E-state index contributed by atoms with van der Waals surface area (Å²) in [7, 11) is 0. The van der Waals surface area contributed by atoms with Crippen LogP contribution < -0.4 is 0 Å². The van der Waals surface area contributed by atoms with E-state index in [9.17, 15) is 14.7 Å². The minimum Gasteiger partial charge on any atom is -0.385 e. The number of hydrogen-bond donors (Lipinski definition) is 1. The fourth-order valence-corrected chi connectivity index (χ4v) is 1.87. The highest BCUT2D eigenvalue weighted by Crippen LogP contribution is 2.26. The van der Waals surface area contributed by atoms with Gasteiger partial charge < -0.3 is 5.11 Å². The van der Waals surface area contributed by atoms with Crippen molar-refractivity contribution in [2.75, 3.05) is 0 Å². The average molecular weight is 284 g/mol. The second-order valence-electron chi connectivity index (χ2n) is 7.66. The molecule has 1 N–H and O–H groups in total. The fraction of sp³-hybridized carbons (Fsp3) is 0.882. The number of ketones is 2. The maximum absolute atomic E-state index is 11.9. The number of aliphatic hydroxyl groups excluding tert-OH is 1. The maximum atomic E-state index is 11.9. The van der Waals surface area contributed by atoms with Crippen LogP contribution in [-0.4, -0.2) is 22.8 Å². The van der Waals surface area contributed by atoms with Gasteiger partial charge in [-0.1, -0.05) is 41.5 Å². The van der Waals surface area contributed by atoms with Crippen LogP contribution in [0.1, 0.15) is 80.1 Å². The van der Waals surface area contributed by atoms with Crippen LogP contribution in [0.3, 0.4) is 0 Å². The van der Waals surface area contributed by atoms with Crippen LogP contribution in [0.5, 0.6) is 0 Å². The summed E-state index contributed by atoms with van der Waals surface area (Å²) >= 11 is 0. The Bertz CT molecular complexity index is 324. The Morgan fingerprint density at radius 3 is 2.00 bits per heavy atom. The molecule has 0 bridgehead atoms. The van der Waals surface area contributed by atoms with Crippen LogP contribution in [0.2, 0.25) is 0 Å². The van der Waals surface area contributed by atoms with Crippen molar-refractivity contribution in [2.24, 2.45) is 10.8 Å². The zero-order valence-corrected chi connectivity index (χ0v) is 14.1. The second kappa shape index (κ2) is 7.92. The average Bonchev–Trinajstić information content (AvgIpc) is 2.34. The predicted molar refractivity (Wildman–Crippen MR) is 82.6 cm³/mol. The summed E-state index contributed by atoms with van der Waals surface area (Å²) in [6.45, 7) is 12.1. The lowest BCUT2D eigenvalue weighted by atomic mass is 9.81. The van der Waals surface area contributed by atoms with Gasteiger partial charge in [-0.25, -0.2) is 0 Å². The van der Waals surface area contributed by atoms with Gasteiger partial charge in [0.1, 0.15) is 11.9 Å². The molecule has 20 heavy (non-hydrogen) atoms. The molecule has 118 valence electrons. The Kier molecular flexibility index (Phi) is 7.64. The molecule has 0 heterocycles. The predicted octanol–water partition coefficient (Wildman–Crippen LogP) is 3.92. The van der Waals surface area contributed by atoms with E-state index in [4.69, 9.17) is 0 Å². The third-order valence-electron chi connectivity index (χ3n) is 3.99. The first-order valence-electron chi connectivity index (χ1n) is 7.72. The van der Waals surface area contributed by atoms with Gasteiger partial charge in [-0.2, -0.15) is 0 Å². The van der Waals surface area contributed by atoms with Crippen LogP contribution in [0.15, 0.2) is 0 Å². The molecule has 0 aliphatic carbocycles. The van der Waals surface area contributed by atoms with Crippen molar-refractivity contribution in [1.29, 1.82) is 0 Å². The number of hydrogen-bond acceptors (Lipinski definition) is 3. The van der Waals surface area contributed by atoms with Gasteiger partial charge in [-0.05, 0) is 30.1 Å². The Morgan fingerprint density at radius 2 is 1.55 bits per heavy atom. The zero-order chi connectivity index (χ0) is 16.0. The molecule has 0 aliphatic heterocycles. The van der Waals surface area contributed by atoms with E-state index in [2.05, 4.69) is 20.8 Å². The Morgan fingerprint density at radius 1 is 1.00 bits per heavy atom. The van der Waals surface area contributed by atoms with Gasteiger partial charge >= 0.3 is 0 Å². The third kappa shape index (κ3) is 7.78. The van der Waals surface area contributed by atoms with Crippen molar-refractivity contribution in [2.45, 2.75) is 86.2 Å². The molecular formula is C17H32O3. The molecule has 0 aromatic carbocycles. The van der Waals surface area contributed by atoms with Crippen LogP contribution in [0, 0.1) is 10.8 Å². The quantitative estimate of drug-likeness (QED) is 0.698. The molecule has 0 aromatic heterocycles. The van der Waals surface area contributed by atoms with Crippen LogP contribution in [0.4, 0.5) is 0 Å². The molecule has 0 radical (unpaired) electrons. The van der Waals surface area contributed by atoms with E-state index in [-0.39, 0.29) is 22.4 Å². The minimum absolute atomic E-state index is 0.138. The lowest BCUT2D eigenvalue weighted by Gasteiger charge is -2.28. The van der Waals surface area contributed by atoms with Crippen LogP contribution in [-0.2, 0) is 9.59 Å². The van der Waals surface area contributed by atoms with Gasteiger partial charge in [-0.3, -0.25) is 9.59 Å². The van der Waals surface area contributed by atoms with E-state index < -0.39 is 6.10 Å². The number of rotatable bonds is 9. The molecule has 0 amide bonds. The van der Waals surface area contributed by atoms with Gasteiger partial charge in [-0.15, -0.1) is 0 Å². The molecule has 0 rings (SSSR count). The molecule has 3 nitrogen and oxygen atoms in total. The summed E-state index contributed by atoms with van der Waals surface area (Å²) in [6, 6.07) is 0. The van der Waals surface area contributed by atoms with E-state index >= 15 is 0 Å². The summed E-state index contributed by atoms with van der Waals surface area (Å²) in [5, 5.41) is 9.99. The summed E-state index contributed by atoms with van der Waals surface area (Å²) < 4.78 is 0. The molecular weight excluding hydrogens is 252 g/mol. The smallest absolute Gasteiger partial charge is 0.161 e. The topological polar surface area (TPSA) is 54.4 Å². The minimum atomic E-state index is -0.919. The number of carbonyl (C=O) groups excluding carboxylic acids is 2. The highest BCUT2D eigenvalue weighted by atomic mass is 16.3. The summed E-state index contributed by atoms with van der Waals surface area (Å²) in [5.41, 5.74) is -0.208. The largest absolute Gasteiger partial charge is 0.385 e. The first kappa shape index (κ1) is 19.3. The molecule has 1 atom stereocenters. The van der Waals surface area contributed by atoms with Crippen LogP contribution >= 0.6 is 0 Å². The number of Topliss-reactive ketones (excluding diaryl/α,β-unsaturated/α-hetero) is 2. The fourth-order valence-electron chi connectivity index (χ4n) is 1.87. The SMILES string of the molecule is CCC(C)(C)C(O)C(=O)CCCC(=O)CCC(C)(C)C. The second-order valence-corrected chi connectivity index (χ2v) is 7.66. The van der Waals surface area contributed by atoms with Crippen molar-refractivity contribution in [3.8, 4) is 0 Å². The molecule has 0 saturated heterocycles. The molecule has 0 fully saturated rings. The lowest BCUT2D eigenvalue weighted by molar-refractivity contribution is -0.133. The molecule has 0 spiro atoms. The normalized spacial score (nSPS) is 14.2. The van der Waals surface area contributed by atoms with E-state index in [0.717, 1.165) is 12.8 Å². The Balaban J connectivity index is 4.01. The van der Waals surface area contributed by atoms with Crippen molar-refractivity contribution in [3.63, 3.8) is 0 Å². The van der Waals surface area contributed by atoms with Gasteiger partial charge in [0.15, 0.2) is 5.78 Å². The number of aliphatic hydroxyl groups is 1. The van der Waals surface area contributed by atoms with Crippen molar-refractivity contribution in [1.82, 2.24) is 0 Å². The standard InChI is InChI=1S/C17H32O3/c1-7-17(5,6)15(20)14(19)10-8-9-13(18)11-12-16(2,3)4/h15,20H,7-12H2,1-6H3. The zero-order valence-electron chi connectivity index (χ0n) is 14.1. The summed E-state index contributed by atoms with van der Waals surface area (Å²) in [6.07, 6.45) is 2.60.